The second-order valence-corrected chi connectivity index (χ2v) is 9.51. The number of hydrogen-bond donors (Lipinski definition) is 1. The highest BCUT2D eigenvalue weighted by Gasteiger charge is 2.25. The molecule has 1 aliphatic heterocycles. The lowest BCUT2D eigenvalue weighted by Gasteiger charge is -2.15. The normalized spacial score (nSPS) is 14.6. The van der Waals surface area contributed by atoms with Crippen molar-refractivity contribution in [3.63, 3.8) is 0 Å². The summed E-state index contributed by atoms with van der Waals surface area (Å²) >= 11 is 0. The van der Waals surface area contributed by atoms with Crippen molar-refractivity contribution in [1.29, 1.82) is 0 Å². The van der Waals surface area contributed by atoms with Crippen molar-refractivity contribution in [2.24, 2.45) is 0 Å². The van der Waals surface area contributed by atoms with Gasteiger partial charge in [0.05, 0.1) is 12.0 Å². The third kappa shape index (κ3) is 4.20. The topological polar surface area (TPSA) is 58.6 Å². The summed E-state index contributed by atoms with van der Waals surface area (Å²) in [4.78, 5) is 2.75. The van der Waals surface area contributed by atoms with Crippen molar-refractivity contribution < 1.29 is 13.2 Å². The molecule has 1 heterocycles. The summed E-state index contributed by atoms with van der Waals surface area (Å²) in [5.41, 5.74) is 4.03. The summed E-state index contributed by atoms with van der Waals surface area (Å²) in [6, 6.07) is 20.3. The minimum Gasteiger partial charge on any atom is -0.495 e. The van der Waals surface area contributed by atoms with Crippen LogP contribution in [0.15, 0.2) is 76.5 Å². The van der Waals surface area contributed by atoms with Gasteiger partial charge in [0.15, 0.2) is 0 Å². The number of nitrogens with one attached hydrogen (secondary N) is 1. The number of fused-ring (bicyclic) bond motifs is 1. The number of rotatable bonds is 5. The van der Waals surface area contributed by atoms with Gasteiger partial charge in [-0.25, -0.2) is 8.42 Å². The van der Waals surface area contributed by atoms with E-state index in [1.54, 1.807) is 30.3 Å². The summed E-state index contributed by atoms with van der Waals surface area (Å²) in [5.74, 6) is 0.407. The Balaban J connectivity index is 1.66. The molecule has 0 aromatic heterocycles. The number of likely N-dealkylation sites (N-methyl/N-ethyl adjacent to an activating group) is 1. The Kier molecular flexibility index (Phi) is 5.79. The van der Waals surface area contributed by atoms with E-state index in [9.17, 15) is 8.42 Å². The van der Waals surface area contributed by atoms with Crippen LogP contribution >= 0.6 is 0 Å². The fraction of sp³-hybridized carbons (Fsp3) is 0.250. The van der Waals surface area contributed by atoms with Gasteiger partial charge in [-0.2, -0.15) is 0 Å². The van der Waals surface area contributed by atoms with Crippen LogP contribution < -0.4 is 10.1 Å². The minimum atomic E-state index is -3.70. The Morgan fingerprint density at radius 1 is 0.867 bits per heavy atom. The van der Waals surface area contributed by atoms with Crippen molar-refractivity contribution >= 4 is 21.2 Å². The van der Waals surface area contributed by atoms with Crippen LogP contribution in [0.4, 0.5) is 11.4 Å². The van der Waals surface area contributed by atoms with E-state index in [4.69, 9.17) is 4.74 Å². The van der Waals surface area contributed by atoms with Crippen LogP contribution in [0.5, 0.6) is 5.75 Å². The second-order valence-electron chi connectivity index (χ2n) is 7.59. The van der Waals surface area contributed by atoms with Crippen molar-refractivity contribution in [1.82, 2.24) is 4.90 Å². The van der Waals surface area contributed by atoms with Crippen molar-refractivity contribution in [3.05, 3.63) is 77.9 Å². The first-order valence-electron chi connectivity index (χ1n) is 10.0. The number of nitrogens with zero attached hydrogens (tertiary/aromatic N) is 1. The average Bonchev–Trinajstić information content (AvgIpc) is 2.95. The lowest BCUT2D eigenvalue weighted by Crippen LogP contribution is -2.20. The van der Waals surface area contributed by atoms with E-state index in [0.717, 1.165) is 48.4 Å². The van der Waals surface area contributed by atoms with Gasteiger partial charge in [0.25, 0.3) is 0 Å². The Morgan fingerprint density at radius 2 is 1.47 bits per heavy atom. The van der Waals surface area contributed by atoms with Gasteiger partial charge in [0, 0.05) is 24.5 Å². The van der Waals surface area contributed by atoms with Crippen LogP contribution in [0.2, 0.25) is 0 Å². The standard InChI is InChI=1S/C24H26N2O3S/c1-26-14-12-18-16-23(29-2)24(17-19(18)13-15-26)30(27,28)22-10-8-21(9-11-22)25-20-6-4-3-5-7-20/h3-11,16-17,25H,12-15H2,1-2H3. The summed E-state index contributed by atoms with van der Waals surface area (Å²) in [7, 11) is -0.0833. The smallest absolute Gasteiger partial charge is 0.210 e. The molecule has 0 amide bonds. The maximum absolute atomic E-state index is 13.4. The van der Waals surface area contributed by atoms with Gasteiger partial charge < -0.3 is 15.0 Å². The van der Waals surface area contributed by atoms with Gasteiger partial charge in [-0.1, -0.05) is 18.2 Å². The number of hydrogen-bond acceptors (Lipinski definition) is 5. The first-order chi connectivity index (χ1) is 14.5. The zero-order chi connectivity index (χ0) is 21.1. The van der Waals surface area contributed by atoms with E-state index in [-0.39, 0.29) is 9.79 Å². The van der Waals surface area contributed by atoms with Crippen LogP contribution in [0.3, 0.4) is 0 Å². The molecule has 156 valence electrons. The highest BCUT2D eigenvalue weighted by molar-refractivity contribution is 7.91. The molecular formula is C24H26N2O3S. The molecule has 0 saturated heterocycles. The average molecular weight is 423 g/mol. The van der Waals surface area contributed by atoms with E-state index in [1.807, 2.05) is 36.4 Å². The number of methoxy groups -OCH3 is 1. The highest BCUT2D eigenvalue weighted by atomic mass is 32.2. The molecule has 3 aromatic rings. The van der Waals surface area contributed by atoms with Crippen molar-refractivity contribution in [2.75, 3.05) is 32.6 Å². The highest BCUT2D eigenvalue weighted by Crippen LogP contribution is 2.34. The summed E-state index contributed by atoms with van der Waals surface area (Å²) in [6.07, 6.45) is 1.72. The van der Waals surface area contributed by atoms with Crippen LogP contribution in [-0.4, -0.2) is 40.6 Å². The van der Waals surface area contributed by atoms with Crippen LogP contribution in [0.25, 0.3) is 0 Å². The Hall–Kier alpha value is -2.83. The largest absolute Gasteiger partial charge is 0.495 e. The van der Waals surface area contributed by atoms with Crippen LogP contribution in [0.1, 0.15) is 11.1 Å². The number of anilines is 2. The monoisotopic (exact) mass is 422 g/mol. The van der Waals surface area contributed by atoms with Gasteiger partial charge in [0.2, 0.25) is 9.84 Å². The molecule has 3 aromatic carbocycles. The second kappa shape index (κ2) is 8.50. The maximum Gasteiger partial charge on any atom is 0.210 e. The van der Waals surface area contributed by atoms with E-state index >= 15 is 0 Å². The van der Waals surface area contributed by atoms with Crippen LogP contribution in [0, 0.1) is 0 Å². The lowest BCUT2D eigenvalue weighted by molar-refractivity contribution is 0.352. The summed E-state index contributed by atoms with van der Waals surface area (Å²) in [6.45, 7) is 1.87. The molecule has 1 N–H and O–H groups in total. The summed E-state index contributed by atoms with van der Waals surface area (Å²) in [5, 5.41) is 3.27. The maximum atomic E-state index is 13.4. The number of ether oxygens (including phenoxy) is 1. The zero-order valence-electron chi connectivity index (χ0n) is 17.3. The van der Waals surface area contributed by atoms with Gasteiger partial charge in [0.1, 0.15) is 10.6 Å². The minimum absolute atomic E-state index is 0.233. The van der Waals surface area contributed by atoms with E-state index in [1.165, 1.54) is 7.11 Å². The van der Waals surface area contributed by atoms with Gasteiger partial charge in [-0.15, -0.1) is 0 Å². The predicted molar refractivity (Wildman–Crippen MR) is 120 cm³/mol. The molecule has 0 atom stereocenters. The fourth-order valence-corrected chi connectivity index (χ4v) is 5.20. The lowest BCUT2D eigenvalue weighted by atomic mass is 10.0. The SMILES string of the molecule is COc1cc2c(cc1S(=O)(=O)c1ccc(Nc3ccccc3)cc1)CCN(C)CC2. The fourth-order valence-electron chi connectivity index (χ4n) is 3.75. The molecule has 0 unspecified atom stereocenters. The quantitative estimate of drug-likeness (QED) is 0.664. The van der Waals surface area contributed by atoms with Gasteiger partial charge >= 0.3 is 0 Å². The molecular weight excluding hydrogens is 396 g/mol. The Labute approximate surface area is 178 Å². The molecule has 0 spiro atoms. The Bertz CT molecular complexity index is 1130. The predicted octanol–water partition coefficient (Wildman–Crippen LogP) is 4.30. The molecule has 0 aliphatic carbocycles. The van der Waals surface area contributed by atoms with Crippen molar-refractivity contribution in [2.45, 2.75) is 22.6 Å². The Morgan fingerprint density at radius 3 is 2.10 bits per heavy atom. The third-order valence-corrected chi connectivity index (χ3v) is 7.32. The molecule has 0 bridgehead atoms. The zero-order valence-corrected chi connectivity index (χ0v) is 18.1. The number of sulfone groups is 1. The van der Waals surface area contributed by atoms with Crippen LogP contribution in [-0.2, 0) is 22.7 Å². The molecule has 6 heteroatoms. The summed E-state index contributed by atoms with van der Waals surface area (Å²) < 4.78 is 32.3. The molecule has 1 aliphatic rings. The van der Waals surface area contributed by atoms with E-state index < -0.39 is 9.84 Å². The molecule has 0 fully saturated rings. The third-order valence-electron chi connectivity index (χ3n) is 5.53. The molecule has 0 radical (unpaired) electrons. The van der Waals surface area contributed by atoms with Crippen molar-refractivity contribution in [3.8, 4) is 5.75 Å². The first-order valence-corrected chi connectivity index (χ1v) is 11.5. The first kappa shape index (κ1) is 20.4. The van der Waals surface area contributed by atoms with E-state index in [0.29, 0.717) is 5.75 Å². The molecule has 30 heavy (non-hydrogen) atoms. The molecule has 5 nitrogen and oxygen atoms in total. The number of benzene rings is 3. The molecule has 0 saturated carbocycles. The number of para-hydroxylation sites is 1. The van der Waals surface area contributed by atoms with Gasteiger partial charge in [-0.3, -0.25) is 0 Å². The molecule has 4 rings (SSSR count). The van der Waals surface area contributed by atoms with E-state index in [2.05, 4.69) is 17.3 Å². The van der Waals surface area contributed by atoms with Gasteiger partial charge in [-0.05, 0) is 79.5 Å².